The van der Waals surface area contributed by atoms with Gasteiger partial charge in [0.25, 0.3) is 0 Å². The zero-order valence-corrected chi connectivity index (χ0v) is 12.5. The Bertz CT molecular complexity index is 590. The third-order valence-corrected chi connectivity index (χ3v) is 3.86. The fourth-order valence-corrected chi connectivity index (χ4v) is 2.62. The van der Waals surface area contributed by atoms with Gasteiger partial charge in [0, 0.05) is 29.7 Å². The Morgan fingerprint density at radius 1 is 1.25 bits per heavy atom. The molecule has 1 aromatic heterocycles. The maximum absolute atomic E-state index is 10.1. The molecule has 20 heavy (non-hydrogen) atoms. The maximum Gasteiger partial charge on any atom is 0.0843 e. The highest BCUT2D eigenvalue weighted by molar-refractivity contribution is 5.85. The van der Waals surface area contributed by atoms with Gasteiger partial charge in [0.05, 0.1) is 19.3 Å². The van der Waals surface area contributed by atoms with Crippen molar-refractivity contribution in [3.63, 3.8) is 0 Å². The summed E-state index contributed by atoms with van der Waals surface area (Å²) in [6.45, 7) is 7.99. The van der Waals surface area contributed by atoms with Crippen LogP contribution < -0.4 is 5.32 Å². The highest BCUT2D eigenvalue weighted by atomic mass is 16.3. The van der Waals surface area contributed by atoms with Crippen LogP contribution in [0.1, 0.15) is 16.8 Å². The second-order valence-electron chi connectivity index (χ2n) is 5.42. The van der Waals surface area contributed by atoms with Crippen molar-refractivity contribution >= 4 is 10.9 Å². The Hall–Kier alpha value is -1.36. The predicted molar refractivity (Wildman–Crippen MR) is 82.1 cm³/mol. The van der Waals surface area contributed by atoms with Gasteiger partial charge in [-0.05, 0) is 38.5 Å². The summed E-state index contributed by atoms with van der Waals surface area (Å²) in [5.41, 5.74) is 4.90. The Labute approximate surface area is 120 Å². The van der Waals surface area contributed by atoms with Gasteiger partial charge in [0.1, 0.15) is 0 Å². The van der Waals surface area contributed by atoms with Crippen LogP contribution in [0.15, 0.2) is 18.2 Å². The molecule has 0 bridgehead atoms. The second kappa shape index (κ2) is 6.39. The smallest absolute Gasteiger partial charge is 0.0843 e. The van der Waals surface area contributed by atoms with Gasteiger partial charge in [0.15, 0.2) is 0 Å². The third-order valence-electron chi connectivity index (χ3n) is 3.86. The van der Waals surface area contributed by atoms with Crippen molar-refractivity contribution < 1.29 is 10.2 Å². The van der Waals surface area contributed by atoms with Gasteiger partial charge in [-0.1, -0.05) is 11.6 Å². The van der Waals surface area contributed by atoms with E-state index in [2.05, 4.69) is 48.9 Å². The van der Waals surface area contributed by atoms with E-state index in [1.54, 1.807) is 0 Å². The van der Waals surface area contributed by atoms with E-state index in [1.807, 2.05) is 0 Å². The monoisotopic (exact) mass is 276 g/mol. The summed E-state index contributed by atoms with van der Waals surface area (Å²) >= 11 is 0. The van der Waals surface area contributed by atoms with Crippen LogP contribution in [0.5, 0.6) is 0 Å². The Morgan fingerprint density at radius 2 is 2.00 bits per heavy atom. The van der Waals surface area contributed by atoms with Gasteiger partial charge >= 0.3 is 0 Å². The number of aryl methyl sites for hydroxylation is 2. The number of aliphatic hydroxyl groups is 2. The highest BCUT2D eigenvalue weighted by Crippen LogP contribution is 2.26. The molecule has 0 aliphatic heterocycles. The van der Waals surface area contributed by atoms with Crippen LogP contribution in [0.4, 0.5) is 0 Å². The van der Waals surface area contributed by atoms with E-state index in [0.717, 1.165) is 0 Å². The normalized spacial score (nSPS) is 13.1. The minimum absolute atomic E-state index is 0.0938. The molecule has 4 heteroatoms. The van der Waals surface area contributed by atoms with Crippen molar-refractivity contribution in [2.75, 3.05) is 19.7 Å². The second-order valence-corrected chi connectivity index (χ2v) is 5.42. The average molecular weight is 276 g/mol. The molecule has 0 saturated carbocycles. The number of rotatable bonds is 6. The number of nitrogens with zero attached hydrogens (tertiary/aromatic N) is 1. The molecule has 0 aliphatic rings. The summed E-state index contributed by atoms with van der Waals surface area (Å²) in [6, 6.07) is 6.43. The van der Waals surface area contributed by atoms with Crippen molar-refractivity contribution in [3.05, 3.63) is 35.0 Å². The highest BCUT2D eigenvalue weighted by Gasteiger charge is 2.13. The minimum atomic E-state index is -0.462. The zero-order chi connectivity index (χ0) is 14.7. The Balaban J connectivity index is 2.23. The van der Waals surface area contributed by atoms with Gasteiger partial charge in [-0.15, -0.1) is 0 Å². The number of benzene rings is 1. The van der Waals surface area contributed by atoms with E-state index in [0.29, 0.717) is 19.6 Å². The van der Waals surface area contributed by atoms with E-state index >= 15 is 0 Å². The molecule has 2 rings (SSSR count). The SMILES string of the molecule is Cc1ccc2c(c1)c(C)c(C)n2C[C@H](O)CNCCO. The molecule has 110 valence electrons. The van der Waals surface area contributed by atoms with E-state index in [1.165, 1.54) is 27.7 Å². The van der Waals surface area contributed by atoms with E-state index in [-0.39, 0.29) is 6.61 Å². The van der Waals surface area contributed by atoms with Crippen LogP contribution in [0, 0.1) is 20.8 Å². The summed E-state index contributed by atoms with van der Waals surface area (Å²) in [7, 11) is 0. The number of hydrogen-bond donors (Lipinski definition) is 3. The van der Waals surface area contributed by atoms with Gasteiger partial charge in [-0.3, -0.25) is 0 Å². The lowest BCUT2D eigenvalue weighted by molar-refractivity contribution is 0.149. The van der Waals surface area contributed by atoms with Crippen molar-refractivity contribution in [2.45, 2.75) is 33.4 Å². The topological polar surface area (TPSA) is 57.4 Å². The van der Waals surface area contributed by atoms with Gasteiger partial charge in [-0.25, -0.2) is 0 Å². The zero-order valence-electron chi connectivity index (χ0n) is 12.5. The molecule has 0 radical (unpaired) electrons. The fourth-order valence-electron chi connectivity index (χ4n) is 2.62. The summed E-state index contributed by atoms with van der Waals surface area (Å²) < 4.78 is 2.18. The third kappa shape index (κ3) is 3.03. The average Bonchev–Trinajstić information content (AvgIpc) is 2.64. The first-order valence-electron chi connectivity index (χ1n) is 7.10. The van der Waals surface area contributed by atoms with Crippen LogP contribution in [0.3, 0.4) is 0 Å². The number of aliphatic hydroxyl groups excluding tert-OH is 2. The van der Waals surface area contributed by atoms with Crippen LogP contribution in [0.2, 0.25) is 0 Å². The van der Waals surface area contributed by atoms with Crippen molar-refractivity contribution in [1.82, 2.24) is 9.88 Å². The lowest BCUT2D eigenvalue weighted by Crippen LogP contribution is -2.32. The molecule has 0 amide bonds. The molecule has 1 heterocycles. The van der Waals surface area contributed by atoms with Crippen LogP contribution in [0.25, 0.3) is 10.9 Å². The summed E-state index contributed by atoms with van der Waals surface area (Å²) in [5, 5.41) is 23.1. The predicted octanol–water partition coefficient (Wildman–Crippen LogP) is 1.51. The van der Waals surface area contributed by atoms with Crippen LogP contribution in [-0.2, 0) is 6.54 Å². The van der Waals surface area contributed by atoms with Gasteiger partial charge < -0.3 is 20.1 Å². The summed E-state index contributed by atoms with van der Waals surface area (Å²) in [5.74, 6) is 0. The first-order chi connectivity index (χ1) is 9.54. The molecule has 0 fully saturated rings. The maximum atomic E-state index is 10.1. The first kappa shape index (κ1) is 15.0. The lowest BCUT2D eigenvalue weighted by Gasteiger charge is -2.15. The van der Waals surface area contributed by atoms with Crippen molar-refractivity contribution in [2.24, 2.45) is 0 Å². The Morgan fingerprint density at radius 3 is 2.70 bits per heavy atom. The molecule has 0 unspecified atom stereocenters. The first-order valence-corrected chi connectivity index (χ1v) is 7.10. The van der Waals surface area contributed by atoms with Crippen LogP contribution >= 0.6 is 0 Å². The molecule has 0 saturated heterocycles. The van der Waals surface area contributed by atoms with Crippen molar-refractivity contribution in [1.29, 1.82) is 0 Å². The lowest BCUT2D eigenvalue weighted by atomic mass is 10.1. The van der Waals surface area contributed by atoms with E-state index in [4.69, 9.17) is 5.11 Å². The van der Waals surface area contributed by atoms with E-state index in [9.17, 15) is 5.11 Å². The van der Waals surface area contributed by atoms with Gasteiger partial charge in [-0.2, -0.15) is 0 Å². The fraction of sp³-hybridized carbons (Fsp3) is 0.500. The Kier molecular flexibility index (Phi) is 4.81. The molecule has 1 aromatic carbocycles. The molecule has 0 spiro atoms. The molecule has 2 aromatic rings. The largest absolute Gasteiger partial charge is 0.395 e. The van der Waals surface area contributed by atoms with E-state index < -0.39 is 6.10 Å². The molecule has 0 aliphatic carbocycles. The molecule has 1 atom stereocenters. The summed E-state index contributed by atoms with van der Waals surface area (Å²) in [6.07, 6.45) is -0.462. The number of aromatic nitrogens is 1. The number of hydrogen-bond acceptors (Lipinski definition) is 3. The van der Waals surface area contributed by atoms with Crippen LogP contribution in [-0.4, -0.2) is 40.6 Å². The minimum Gasteiger partial charge on any atom is -0.395 e. The molecular weight excluding hydrogens is 252 g/mol. The summed E-state index contributed by atoms with van der Waals surface area (Å²) in [4.78, 5) is 0. The molecule has 3 N–H and O–H groups in total. The van der Waals surface area contributed by atoms with Gasteiger partial charge in [0.2, 0.25) is 0 Å². The number of fused-ring (bicyclic) bond motifs is 1. The quantitative estimate of drug-likeness (QED) is 0.701. The standard InChI is InChI=1S/C16H24N2O2/c1-11-4-5-16-15(8-11)12(2)13(3)18(16)10-14(20)9-17-6-7-19/h4-5,8,14,17,19-20H,6-7,9-10H2,1-3H3/t14-/m1/s1. The number of nitrogens with one attached hydrogen (secondary N) is 1. The molecular formula is C16H24N2O2. The van der Waals surface area contributed by atoms with Crippen molar-refractivity contribution in [3.8, 4) is 0 Å². The molecule has 4 nitrogen and oxygen atoms in total.